The number of rotatable bonds is 7. The Kier molecular flexibility index (Phi) is 6.13. The Morgan fingerprint density at radius 2 is 1.89 bits per heavy atom. The fraction of sp³-hybridized carbons (Fsp3) is 0.200. The molecule has 2 aromatic carbocycles. The number of carbonyl (C=O) groups is 1. The van der Waals surface area contributed by atoms with Gasteiger partial charge in [-0.2, -0.15) is 0 Å². The van der Waals surface area contributed by atoms with Crippen LogP contribution in [0.4, 0.5) is 0 Å². The van der Waals surface area contributed by atoms with Crippen LogP contribution in [-0.4, -0.2) is 29.7 Å². The fourth-order valence-electron chi connectivity index (χ4n) is 2.69. The number of nitrogens with one attached hydrogen (secondary N) is 1. The molecule has 0 unspecified atom stereocenters. The SMILES string of the molecule is COc1cc(Br)c(OC)c(C(=O)NCc2ccc(Cn3ccnc3)cc2)c1. The van der Waals surface area contributed by atoms with Crippen LogP contribution in [0.1, 0.15) is 21.5 Å². The highest BCUT2D eigenvalue weighted by Gasteiger charge is 2.17. The summed E-state index contributed by atoms with van der Waals surface area (Å²) in [7, 11) is 3.09. The summed E-state index contributed by atoms with van der Waals surface area (Å²) in [4.78, 5) is 16.7. The normalized spacial score (nSPS) is 10.5. The zero-order valence-electron chi connectivity index (χ0n) is 15.1. The minimum Gasteiger partial charge on any atom is -0.497 e. The molecule has 0 saturated heterocycles. The van der Waals surface area contributed by atoms with Crippen LogP contribution >= 0.6 is 15.9 Å². The summed E-state index contributed by atoms with van der Waals surface area (Å²) >= 11 is 3.40. The van der Waals surface area contributed by atoms with Crippen molar-refractivity contribution in [3.05, 3.63) is 76.3 Å². The third kappa shape index (κ3) is 4.68. The molecular formula is C20H20BrN3O3. The summed E-state index contributed by atoms with van der Waals surface area (Å²) < 4.78 is 13.2. The largest absolute Gasteiger partial charge is 0.497 e. The van der Waals surface area contributed by atoms with Crippen molar-refractivity contribution in [1.82, 2.24) is 14.9 Å². The van der Waals surface area contributed by atoms with E-state index in [9.17, 15) is 4.79 Å². The lowest BCUT2D eigenvalue weighted by Crippen LogP contribution is -2.23. The van der Waals surface area contributed by atoms with E-state index in [0.717, 1.165) is 12.1 Å². The van der Waals surface area contributed by atoms with Crippen molar-refractivity contribution in [3.8, 4) is 11.5 Å². The number of aromatic nitrogens is 2. The van der Waals surface area contributed by atoms with Crippen LogP contribution in [0, 0.1) is 0 Å². The molecule has 0 aliphatic carbocycles. The second-order valence-corrected chi connectivity index (χ2v) is 6.78. The zero-order chi connectivity index (χ0) is 19.2. The molecule has 0 bridgehead atoms. The number of hydrogen-bond acceptors (Lipinski definition) is 4. The van der Waals surface area contributed by atoms with Gasteiger partial charge in [-0.1, -0.05) is 24.3 Å². The van der Waals surface area contributed by atoms with Gasteiger partial charge >= 0.3 is 0 Å². The molecule has 1 N–H and O–H groups in total. The molecule has 3 rings (SSSR count). The van der Waals surface area contributed by atoms with Crippen LogP contribution in [0.5, 0.6) is 11.5 Å². The van der Waals surface area contributed by atoms with Gasteiger partial charge in [-0.15, -0.1) is 0 Å². The van der Waals surface area contributed by atoms with Crippen LogP contribution in [0.25, 0.3) is 0 Å². The number of ether oxygens (including phenoxy) is 2. The van der Waals surface area contributed by atoms with Crippen molar-refractivity contribution in [2.45, 2.75) is 13.1 Å². The minimum absolute atomic E-state index is 0.228. The van der Waals surface area contributed by atoms with Gasteiger partial charge in [-0.25, -0.2) is 4.98 Å². The number of nitrogens with zero attached hydrogens (tertiary/aromatic N) is 2. The standard InChI is InChI=1S/C20H20BrN3O3/c1-26-16-9-17(19(27-2)18(21)10-16)20(25)23-11-14-3-5-15(6-4-14)12-24-8-7-22-13-24/h3-10,13H,11-12H2,1-2H3,(H,23,25). The molecular weight excluding hydrogens is 410 g/mol. The van der Waals surface area contributed by atoms with Crippen LogP contribution in [0.2, 0.25) is 0 Å². The molecule has 1 amide bonds. The third-order valence-electron chi connectivity index (χ3n) is 4.10. The lowest BCUT2D eigenvalue weighted by atomic mass is 10.1. The molecule has 0 fully saturated rings. The van der Waals surface area contributed by atoms with Gasteiger partial charge in [0.25, 0.3) is 5.91 Å². The predicted molar refractivity (Wildman–Crippen MR) is 106 cm³/mol. The Balaban J connectivity index is 1.66. The molecule has 27 heavy (non-hydrogen) atoms. The summed E-state index contributed by atoms with van der Waals surface area (Å²) in [6.07, 6.45) is 5.47. The lowest BCUT2D eigenvalue weighted by Gasteiger charge is -2.13. The molecule has 0 aliphatic heterocycles. The lowest BCUT2D eigenvalue weighted by molar-refractivity contribution is 0.0947. The van der Waals surface area contributed by atoms with Gasteiger partial charge < -0.3 is 19.4 Å². The molecule has 140 valence electrons. The van der Waals surface area contributed by atoms with Gasteiger partial charge in [0.1, 0.15) is 11.5 Å². The summed E-state index contributed by atoms with van der Waals surface area (Å²) in [6.45, 7) is 1.18. The van der Waals surface area contributed by atoms with Crippen LogP contribution < -0.4 is 14.8 Å². The quantitative estimate of drug-likeness (QED) is 0.622. The van der Waals surface area contributed by atoms with Crippen LogP contribution in [-0.2, 0) is 13.1 Å². The molecule has 3 aromatic rings. The first-order chi connectivity index (χ1) is 13.1. The van der Waals surface area contributed by atoms with E-state index in [1.54, 1.807) is 31.8 Å². The van der Waals surface area contributed by atoms with Crippen LogP contribution in [0.3, 0.4) is 0 Å². The first kappa shape index (κ1) is 19.0. The Hall–Kier alpha value is -2.80. The summed E-state index contributed by atoms with van der Waals surface area (Å²) in [5.41, 5.74) is 2.60. The van der Waals surface area contributed by atoms with Gasteiger partial charge in [0, 0.05) is 25.5 Å². The summed E-state index contributed by atoms with van der Waals surface area (Å²) in [6, 6.07) is 11.5. The number of carbonyl (C=O) groups excluding carboxylic acids is 1. The number of halogens is 1. The summed E-state index contributed by atoms with van der Waals surface area (Å²) in [5, 5.41) is 2.92. The van der Waals surface area contributed by atoms with Crippen molar-refractivity contribution < 1.29 is 14.3 Å². The number of hydrogen-bond donors (Lipinski definition) is 1. The highest BCUT2D eigenvalue weighted by molar-refractivity contribution is 9.10. The molecule has 7 heteroatoms. The van der Waals surface area contributed by atoms with E-state index >= 15 is 0 Å². The van der Waals surface area contributed by atoms with E-state index in [4.69, 9.17) is 9.47 Å². The maximum absolute atomic E-state index is 12.6. The smallest absolute Gasteiger partial charge is 0.255 e. The van der Waals surface area contributed by atoms with Crippen molar-refractivity contribution in [2.24, 2.45) is 0 Å². The van der Waals surface area contributed by atoms with E-state index in [0.29, 0.717) is 28.1 Å². The minimum atomic E-state index is -0.228. The molecule has 0 saturated carbocycles. The molecule has 0 atom stereocenters. The molecule has 1 heterocycles. The van der Waals surface area contributed by atoms with Gasteiger partial charge in [-0.3, -0.25) is 4.79 Å². The first-order valence-electron chi connectivity index (χ1n) is 8.34. The van der Waals surface area contributed by atoms with E-state index in [1.807, 2.05) is 35.0 Å². The summed E-state index contributed by atoms with van der Waals surface area (Å²) in [5.74, 6) is 0.828. The van der Waals surface area contributed by atoms with Gasteiger partial charge in [0.2, 0.25) is 0 Å². The van der Waals surface area contributed by atoms with E-state index < -0.39 is 0 Å². The number of benzene rings is 2. The second kappa shape index (κ2) is 8.73. The predicted octanol–water partition coefficient (Wildman–Crippen LogP) is 3.64. The molecule has 0 radical (unpaired) electrons. The highest BCUT2D eigenvalue weighted by Crippen LogP contribution is 2.33. The molecule has 0 aliphatic rings. The van der Waals surface area contributed by atoms with Crippen molar-refractivity contribution in [3.63, 3.8) is 0 Å². The van der Waals surface area contributed by atoms with E-state index in [2.05, 4.69) is 26.2 Å². The topological polar surface area (TPSA) is 65.4 Å². The van der Waals surface area contributed by atoms with Crippen LogP contribution in [0.15, 0.2) is 59.6 Å². The Morgan fingerprint density at radius 3 is 2.52 bits per heavy atom. The number of amides is 1. The van der Waals surface area contributed by atoms with Crippen molar-refractivity contribution in [1.29, 1.82) is 0 Å². The molecule has 1 aromatic heterocycles. The second-order valence-electron chi connectivity index (χ2n) is 5.92. The fourth-order valence-corrected chi connectivity index (χ4v) is 3.29. The zero-order valence-corrected chi connectivity index (χ0v) is 16.7. The highest BCUT2D eigenvalue weighted by atomic mass is 79.9. The number of imidazole rings is 1. The average molecular weight is 430 g/mol. The number of methoxy groups -OCH3 is 2. The monoisotopic (exact) mass is 429 g/mol. The molecule has 6 nitrogen and oxygen atoms in total. The Morgan fingerprint density at radius 1 is 1.15 bits per heavy atom. The van der Waals surface area contributed by atoms with Crippen molar-refractivity contribution in [2.75, 3.05) is 14.2 Å². The Labute approximate surface area is 166 Å². The van der Waals surface area contributed by atoms with E-state index in [1.165, 1.54) is 12.7 Å². The maximum atomic E-state index is 12.6. The average Bonchev–Trinajstić information content (AvgIpc) is 3.19. The van der Waals surface area contributed by atoms with Gasteiger partial charge in [-0.05, 0) is 39.2 Å². The van der Waals surface area contributed by atoms with Gasteiger partial charge in [0.15, 0.2) is 0 Å². The van der Waals surface area contributed by atoms with Crippen molar-refractivity contribution >= 4 is 21.8 Å². The first-order valence-corrected chi connectivity index (χ1v) is 9.13. The third-order valence-corrected chi connectivity index (χ3v) is 4.69. The van der Waals surface area contributed by atoms with E-state index in [-0.39, 0.29) is 5.91 Å². The maximum Gasteiger partial charge on any atom is 0.255 e. The Bertz CT molecular complexity index is 909. The van der Waals surface area contributed by atoms with Gasteiger partial charge in [0.05, 0.1) is 30.6 Å². The molecule has 0 spiro atoms.